The van der Waals surface area contributed by atoms with Gasteiger partial charge in [-0.2, -0.15) is 0 Å². The Kier molecular flexibility index (Phi) is 3.82. The smallest absolute Gasteiger partial charge is 0.142 e. The lowest BCUT2D eigenvalue weighted by Gasteiger charge is -2.23. The molecule has 0 aliphatic carbocycles. The number of benzene rings is 1. The first-order chi connectivity index (χ1) is 7.68. The van der Waals surface area contributed by atoms with Gasteiger partial charge in [0.15, 0.2) is 0 Å². The predicted octanol–water partition coefficient (Wildman–Crippen LogP) is 3.33. The highest BCUT2D eigenvalue weighted by Gasteiger charge is 2.17. The molecule has 0 bridgehead atoms. The molecule has 1 aliphatic heterocycles. The molecule has 0 aromatic heterocycles. The molecule has 2 rings (SSSR count). The minimum absolute atomic E-state index is 0.300. The number of aryl methyl sites for hydroxylation is 1. The fourth-order valence-electron chi connectivity index (χ4n) is 2.33. The summed E-state index contributed by atoms with van der Waals surface area (Å²) in [5.41, 5.74) is 2.08. The maximum atomic E-state index is 13.4. The van der Waals surface area contributed by atoms with Crippen molar-refractivity contribution in [1.82, 2.24) is 5.32 Å². The molecule has 1 heterocycles. The maximum Gasteiger partial charge on any atom is 0.142 e. The Balaban J connectivity index is 2.16. The SMILES string of the molecule is Cc1ccc(F)c(Cl)c1CC1CCCNC1. The second kappa shape index (κ2) is 5.15. The summed E-state index contributed by atoms with van der Waals surface area (Å²) in [7, 11) is 0. The summed E-state index contributed by atoms with van der Waals surface area (Å²) < 4.78 is 13.4. The van der Waals surface area contributed by atoms with Crippen LogP contribution in [0.2, 0.25) is 5.02 Å². The van der Waals surface area contributed by atoms with E-state index in [-0.39, 0.29) is 5.82 Å². The molecule has 3 heteroatoms. The molecule has 1 saturated heterocycles. The van der Waals surface area contributed by atoms with Crippen LogP contribution >= 0.6 is 11.6 Å². The molecule has 1 aromatic rings. The third kappa shape index (κ3) is 2.55. The summed E-state index contributed by atoms with van der Waals surface area (Å²) in [6.45, 7) is 4.12. The van der Waals surface area contributed by atoms with Gasteiger partial charge in [0.05, 0.1) is 5.02 Å². The topological polar surface area (TPSA) is 12.0 Å². The highest BCUT2D eigenvalue weighted by atomic mass is 35.5. The van der Waals surface area contributed by atoms with E-state index in [0.29, 0.717) is 10.9 Å². The Hall–Kier alpha value is -0.600. The van der Waals surface area contributed by atoms with Crippen LogP contribution in [-0.4, -0.2) is 13.1 Å². The molecule has 1 aromatic carbocycles. The second-order valence-corrected chi connectivity index (χ2v) is 4.95. The van der Waals surface area contributed by atoms with Crippen molar-refractivity contribution >= 4 is 11.6 Å². The molecule has 0 amide bonds. The number of rotatable bonds is 2. The summed E-state index contributed by atoms with van der Waals surface area (Å²) in [5, 5.41) is 3.68. The van der Waals surface area contributed by atoms with Gasteiger partial charge in [0, 0.05) is 0 Å². The van der Waals surface area contributed by atoms with Gasteiger partial charge in [-0.25, -0.2) is 4.39 Å². The fourth-order valence-corrected chi connectivity index (χ4v) is 2.62. The van der Waals surface area contributed by atoms with Crippen molar-refractivity contribution in [2.24, 2.45) is 5.92 Å². The quantitative estimate of drug-likeness (QED) is 0.838. The molecule has 1 fully saturated rings. The Morgan fingerprint density at radius 3 is 3.00 bits per heavy atom. The molecular weight excluding hydrogens is 225 g/mol. The molecule has 1 atom stereocenters. The lowest BCUT2D eigenvalue weighted by atomic mass is 9.90. The van der Waals surface area contributed by atoms with Crippen molar-refractivity contribution in [3.05, 3.63) is 34.1 Å². The van der Waals surface area contributed by atoms with E-state index < -0.39 is 0 Å². The fraction of sp³-hybridized carbons (Fsp3) is 0.538. The number of halogens is 2. The second-order valence-electron chi connectivity index (χ2n) is 4.57. The van der Waals surface area contributed by atoms with Gasteiger partial charge in [-0.1, -0.05) is 17.7 Å². The molecule has 0 spiro atoms. The zero-order valence-electron chi connectivity index (χ0n) is 9.52. The molecule has 1 nitrogen and oxygen atoms in total. The van der Waals surface area contributed by atoms with E-state index in [1.54, 1.807) is 0 Å². The highest BCUT2D eigenvalue weighted by molar-refractivity contribution is 6.31. The summed E-state index contributed by atoms with van der Waals surface area (Å²) in [6.07, 6.45) is 3.30. The van der Waals surface area contributed by atoms with Gasteiger partial charge in [0.1, 0.15) is 5.82 Å². The number of piperidine rings is 1. The summed E-state index contributed by atoms with van der Waals surface area (Å²) in [4.78, 5) is 0. The van der Waals surface area contributed by atoms with Crippen molar-refractivity contribution < 1.29 is 4.39 Å². The standard InChI is InChI=1S/C13H17ClFN/c1-9-4-5-12(15)13(14)11(9)7-10-3-2-6-16-8-10/h4-5,10,16H,2-3,6-8H2,1H3. The molecule has 1 unspecified atom stereocenters. The molecular formula is C13H17ClFN. The van der Waals surface area contributed by atoms with Gasteiger partial charge in [-0.15, -0.1) is 0 Å². The Morgan fingerprint density at radius 2 is 2.31 bits per heavy atom. The largest absolute Gasteiger partial charge is 0.316 e. The van der Waals surface area contributed by atoms with Crippen LogP contribution in [-0.2, 0) is 6.42 Å². The van der Waals surface area contributed by atoms with Gasteiger partial charge < -0.3 is 5.32 Å². The van der Waals surface area contributed by atoms with Crippen LogP contribution < -0.4 is 5.32 Å². The van der Waals surface area contributed by atoms with Crippen LogP contribution in [0.1, 0.15) is 24.0 Å². The summed E-state index contributed by atoms with van der Waals surface area (Å²) in [6, 6.07) is 3.26. The Morgan fingerprint density at radius 1 is 1.50 bits per heavy atom. The number of hydrogen-bond acceptors (Lipinski definition) is 1. The van der Waals surface area contributed by atoms with Crippen molar-refractivity contribution in [3.63, 3.8) is 0 Å². The van der Waals surface area contributed by atoms with E-state index in [9.17, 15) is 4.39 Å². The third-order valence-electron chi connectivity index (χ3n) is 3.32. The van der Waals surface area contributed by atoms with Crippen LogP contribution in [0.5, 0.6) is 0 Å². The van der Waals surface area contributed by atoms with Crippen LogP contribution in [0.4, 0.5) is 4.39 Å². The van der Waals surface area contributed by atoms with Crippen molar-refractivity contribution in [1.29, 1.82) is 0 Å². The molecule has 1 aliphatic rings. The van der Waals surface area contributed by atoms with E-state index in [0.717, 1.165) is 30.6 Å². The molecule has 1 N–H and O–H groups in total. The Bertz CT molecular complexity index is 372. The minimum atomic E-state index is -0.300. The van der Waals surface area contributed by atoms with Gasteiger partial charge in [-0.3, -0.25) is 0 Å². The molecule has 16 heavy (non-hydrogen) atoms. The van der Waals surface area contributed by atoms with Crippen LogP contribution in [0.25, 0.3) is 0 Å². The van der Waals surface area contributed by atoms with Gasteiger partial charge in [-0.05, 0) is 62.4 Å². The molecule has 0 saturated carbocycles. The maximum absolute atomic E-state index is 13.4. The van der Waals surface area contributed by atoms with Gasteiger partial charge >= 0.3 is 0 Å². The van der Waals surface area contributed by atoms with Crippen LogP contribution in [0.15, 0.2) is 12.1 Å². The van der Waals surface area contributed by atoms with Crippen molar-refractivity contribution in [2.45, 2.75) is 26.2 Å². The highest BCUT2D eigenvalue weighted by Crippen LogP contribution is 2.27. The monoisotopic (exact) mass is 241 g/mol. The molecule has 88 valence electrons. The zero-order valence-corrected chi connectivity index (χ0v) is 10.3. The van der Waals surface area contributed by atoms with E-state index >= 15 is 0 Å². The first-order valence-electron chi connectivity index (χ1n) is 5.82. The Labute approximate surface area is 101 Å². The van der Waals surface area contributed by atoms with Crippen molar-refractivity contribution in [3.8, 4) is 0 Å². The summed E-state index contributed by atoms with van der Waals surface area (Å²) >= 11 is 6.02. The lowest BCUT2D eigenvalue weighted by molar-refractivity contribution is 0.375. The third-order valence-corrected chi connectivity index (χ3v) is 3.73. The first-order valence-corrected chi connectivity index (χ1v) is 6.20. The van der Waals surface area contributed by atoms with Crippen LogP contribution in [0.3, 0.4) is 0 Å². The predicted molar refractivity (Wildman–Crippen MR) is 65.4 cm³/mol. The number of hydrogen-bond donors (Lipinski definition) is 1. The van der Waals surface area contributed by atoms with Crippen LogP contribution in [0, 0.1) is 18.7 Å². The molecule has 0 radical (unpaired) electrons. The van der Waals surface area contributed by atoms with E-state index in [2.05, 4.69) is 5.32 Å². The minimum Gasteiger partial charge on any atom is -0.316 e. The normalized spacial score (nSPS) is 21.1. The van der Waals surface area contributed by atoms with E-state index in [1.165, 1.54) is 18.9 Å². The van der Waals surface area contributed by atoms with Gasteiger partial charge in [0.25, 0.3) is 0 Å². The van der Waals surface area contributed by atoms with Crippen molar-refractivity contribution in [2.75, 3.05) is 13.1 Å². The average molecular weight is 242 g/mol. The zero-order chi connectivity index (χ0) is 11.5. The van der Waals surface area contributed by atoms with E-state index in [4.69, 9.17) is 11.6 Å². The summed E-state index contributed by atoms with van der Waals surface area (Å²) in [5.74, 6) is 0.290. The first kappa shape index (κ1) is 11.9. The van der Waals surface area contributed by atoms with E-state index in [1.807, 2.05) is 13.0 Å². The average Bonchev–Trinajstić information content (AvgIpc) is 2.31. The number of nitrogens with one attached hydrogen (secondary N) is 1. The lowest BCUT2D eigenvalue weighted by Crippen LogP contribution is -2.31. The van der Waals surface area contributed by atoms with Gasteiger partial charge in [0.2, 0.25) is 0 Å².